The SMILES string of the molecule is O=C(CCN1C(=S)N[C@H](c2ccccn2)[C@@H]1c1cccn1-c1ccccc1F)Nc1ccccc1. The summed E-state index contributed by atoms with van der Waals surface area (Å²) in [5.41, 5.74) is 2.86. The van der Waals surface area contributed by atoms with E-state index in [1.54, 1.807) is 18.3 Å². The predicted octanol–water partition coefficient (Wildman–Crippen LogP) is 5.01. The molecule has 2 aromatic heterocycles. The topological polar surface area (TPSA) is 62.2 Å². The average Bonchev–Trinajstić information content (AvgIpc) is 3.48. The Balaban J connectivity index is 1.46. The Morgan fingerprint density at radius 3 is 2.54 bits per heavy atom. The average molecular weight is 486 g/mol. The van der Waals surface area contributed by atoms with Crippen molar-refractivity contribution < 1.29 is 9.18 Å². The summed E-state index contributed by atoms with van der Waals surface area (Å²) in [5.74, 6) is -0.426. The van der Waals surface area contributed by atoms with Gasteiger partial charge < -0.3 is 20.1 Å². The van der Waals surface area contributed by atoms with Crippen LogP contribution in [0.25, 0.3) is 5.69 Å². The van der Waals surface area contributed by atoms with Crippen molar-refractivity contribution >= 4 is 28.9 Å². The highest BCUT2D eigenvalue weighted by atomic mass is 32.1. The number of anilines is 1. The molecule has 1 fully saturated rings. The summed E-state index contributed by atoms with van der Waals surface area (Å²) in [6.07, 6.45) is 3.82. The third-order valence-electron chi connectivity index (χ3n) is 6.03. The summed E-state index contributed by atoms with van der Waals surface area (Å²) in [4.78, 5) is 19.2. The number of halogens is 1. The standard InChI is InChI=1S/C27H24FN5OS/c28-20-11-4-5-13-22(20)32-17-8-14-23(32)26-25(21-12-6-7-16-29-21)31-27(35)33(26)18-15-24(34)30-19-9-2-1-3-10-19/h1-14,16-17,25-26H,15,18H2,(H,30,34)(H,31,35)/t25-,26+/m1/s1. The number of nitrogens with one attached hydrogen (secondary N) is 2. The lowest BCUT2D eigenvalue weighted by molar-refractivity contribution is -0.116. The normalized spacial score (nSPS) is 17.3. The molecule has 0 unspecified atom stereocenters. The molecule has 2 atom stereocenters. The van der Waals surface area contributed by atoms with Crippen LogP contribution in [0.2, 0.25) is 0 Å². The molecule has 4 aromatic rings. The molecule has 35 heavy (non-hydrogen) atoms. The van der Waals surface area contributed by atoms with Crippen molar-refractivity contribution in [1.29, 1.82) is 0 Å². The third-order valence-corrected chi connectivity index (χ3v) is 6.38. The van der Waals surface area contributed by atoms with Gasteiger partial charge in [0, 0.05) is 36.7 Å². The second kappa shape index (κ2) is 10.1. The Kier molecular flexibility index (Phi) is 6.54. The third kappa shape index (κ3) is 4.79. The van der Waals surface area contributed by atoms with Crippen LogP contribution >= 0.6 is 12.2 Å². The van der Waals surface area contributed by atoms with E-state index in [2.05, 4.69) is 15.6 Å². The van der Waals surface area contributed by atoms with E-state index in [-0.39, 0.29) is 30.2 Å². The van der Waals surface area contributed by atoms with Crippen LogP contribution in [0.5, 0.6) is 0 Å². The van der Waals surface area contributed by atoms with E-state index in [0.717, 1.165) is 17.1 Å². The lowest BCUT2D eigenvalue weighted by atomic mass is 10.0. The minimum Gasteiger partial charge on any atom is -0.352 e. The van der Waals surface area contributed by atoms with Gasteiger partial charge in [0.2, 0.25) is 5.91 Å². The van der Waals surface area contributed by atoms with Crippen LogP contribution in [0.1, 0.15) is 29.9 Å². The van der Waals surface area contributed by atoms with Crippen molar-refractivity contribution in [2.45, 2.75) is 18.5 Å². The number of carbonyl (C=O) groups is 1. The summed E-state index contributed by atoms with van der Waals surface area (Å²) in [6, 6.07) is 25.0. The molecule has 3 heterocycles. The van der Waals surface area contributed by atoms with Crippen LogP contribution in [0.4, 0.5) is 10.1 Å². The fraction of sp³-hybridized carbons (Fsp3) is 0.148. The molecule has 0 spiro atoms. The fourth-order valence-electron chi connectivity index (χ4n) is 4.44. The van der Waals surface area contributed by atoms with Gasteiger partial charge in [-0.15, -0.1) is 0 Å². The number of aromatic nitrogens is 2. The van der Waals surface area contributed by atoms with E-state index in [0.29, 0.717) is 17.3 Å². The lowest BCUT2D eigenvalue weighted by Gasteiger charge is -2.29. The number of thiocarbonyl (C=S) groups is 1. The van der Waals surface area contributed by atoms with Crippen molar-refractivity contribution in [2.75, 3.05) is 11.9 Å². The Bertz CT molecular complexity index is 1330. The van der Waals surface area contributed by atoms with Crippen molar-refractivity contribution in [3.8, 4) is 5.69 Å². The Morgan fingerprint density at radius 1 is 1.00 bits per heavy atom. The van der Waals surface area contributed by atoms with E-state index >= 15 is 0 Å². The first kappa shape index (κ1) is 22.7. The van der Waals surface area contributed by atoms with E-state index in [1.807, 2.05) is 82.4 Å². The minimum atomic E-state index is -0.318. The molecule has 5 rings (SSSR count). The number of pyridine rings is 1. The van der Waals surface area contributed by atoms with Crippen molar-refractivity contribution in [2.24, 2.45) is 0 Å². The first-order chi connectivity index (χ1) is 17.1. The number of rotatable bonds is 7. The van der Waals surface area contributed by atoms with Gasteiger partial charge in [0.05, 0.1) is 23.5 Å². The predicted molar refractivity (Wildman–Crippen MR) is 138 cm³/mol. The molecule has 1 saturated heterocycles. The molecule has 0 bridgehead atoms. The van der Waals surface area contributed by atoms with Crippen molar-refractivity contribution in [1.82, 2.24) is 19.8 Å². The molecule has 8 heteroatoms. The zero-order valence-corrected chi connectivity index (χ0v) is 19.7. The number of benzene rings is 2. The van der Waals surface area contributed by atoms with Gasteiger partial charge in [-0.1, -0.05) is 36.4 Å². The molecular formula is C27H24FN5OS. The second-order valence-corrected chi connectivity index (χ2v) is 8.63. The van der Waals surface area contributed by atoms with Crippen LogP contribution in [-0.2, 0) is 4.79 Å². The van der Waals surface area contributed by atoms with Crippen LogP contribution in [0.3, 0.4) is 0 Å². The Morgan fingerprint density at radius 2 is 1.77 bits per heavy atom. The van der Waals surface area contributed by atoms with E-state index in [1.165, 1.54) is 6.07 Å². The summed E-state index contributed by atoms with van der Waals surface area (Å²) >= 11 is 5.71. The van der Waals surface area contributed by atoms with Gasteiger partial charge in [-0.3, -0.25) is 9.78 Å². The molecule has 0 radical (unpaired) electrons. The van der Waals surface area contributed by atoms with Crippen LogP contribution < -0.4 is 10.6 Å². The number of para-hydroxylation sites is 2. The van der Waals surface area contributed by atoms with Gasteiger partial charge in [0.1, 0.15) is 5.82 Å². The summed E-state index contributed by atoms with van der Waals surface area (Å²) in [6.45, 7) is 0.390. The molecule has 0 saturated carbocycles. The molecule has 176 valence electrons. The number of nitrogens with zero attached hydrogens (tertiary/aromatic N) is 3. The van der Waals surface area contributed by atoms with Gasteiger partial charge >= 0.3 is 0 Å². The van der Waals surface area contributed by atoms with Crippen molar-refractivity contribution in [3.05, 3.63) is 115 Å². The molecule has 0 aliphatic carbocycles. The molecule has 1 amide bonds. The number of hydrogen-bond donors (Lipinski definition) is 2. The summed E-state index contributed by atoms with van der Waals surface area (Å²) < 4.78 is 16.6. The minimum absolute atomic E-state index is 0.108. The molecule has 2 aromatic carbocycles. The molecular weight excluding hydrogens is 461 g/mol. The van der Waals surface area contributed by atoms with Crippen LogP contribution in [-0.4, -0.2) is 32.0 Å². The van der Waals surface area contributed by atoms with Crippen molar-refractivity contribution in [3.63, 3.8) is 0 Å². The largest absolute Gasteiger partial charge is 0.352 e. The number of amides is 1. The summed E-state index contributed by atoms with van der Waals surface area (Å²) in [7, 11) is 0. The van der Waals surface area contributed by atoms with Gasteiger partial charge in [-0.2, -0.15) is 0 Å². The van der Waals surface area contributed by atoms with Crippen LogP contribution in [0.15, 0.2) is 97.3 Å². The highest BCUT2D eigenvalue weighted by molar-refractivity contribution is 7.80. The highest BCUT2D eigenvalue weighted by Crippen LogP contribution is 2.39. The molecule has 1 aliphatic heterocycles. The maximum atomic E-state index is 14.7. The Hall–Kier alpha value is -4.04. The van der Waals surface area contributed by atoms with E-state index in [4.69, 9.17) is 12.2 Å². The molecule has 6 nitrogen and oxygen atoms in total. The maximum absolute atomic E-state index is 14.7. The molecule has 1 aliphatic rings. The fourth-order valence-corrected chi connectivity index (χ4v) is 4.77. The zero-order chi connectivity index (χ0) is 24.2. The maximum Gasteiger partial charge on any atom is 0.226 e. The van der Waals surface area contributed by atoms with Crippen LogP contribution in [0, 0.1) is 5.82 Å². The van der Waals surface area contributed by atoms with E-state index in [9.17, 15) is 9.18 Å². The lowest BCUT2D eigenvalue weighted by Crippen LogP contribution is -2.33. The molecule has 2 N–H and O–H groups in total. The number of carbonyl (C=O) groups excluding carboxylic acids is 1. The highest BCUT2D eigenvalue weighted by Gasteiger charge is 2.41. The van der Waals surface area contributed by atoms with Gasteiger partial charge in [0.25, 0.3) is 0 Å². The Labute approximate surface area is 208 Å². The number of hydrogen-bond acceptors (Lipinski definition) is 3. The van der Waals surface area contributed by atoms with E-state index < -0.39 is 0 Å². The first-order valence-corrected chi connectivity index (χ1v) is 11.8. The van der Waals surface area contributed by atoms with Gasteiger partial charge in [-0.05, 0) is 60.7 Å². The zero-order valence-electron chi connectivity index (χ0n) is 18.8. The summed E-state index contributed by atoms with van der Waals surface area (Å²) in [5, 5.41) is 6.83. The smallest absolute Gasteiger partial charge is 0.226 e. The first-order valence-electron chi connectivity index (χ1n) is 11.4. The second-order valence-electron chi connectivity index (χ2n) is 8.24. The quantitative estimate of drug-likeness (QED) is 0.360. The van der Waals surface area contributed by atoms with Gasteiger partial charge in [-0.25, -0.2) is 4.39 Å². The van der Waals surface area contributed by atoms with Gasteiger partial charge in [0.15, 0.2) is 5.11 Å². The monoisotopic (exact) mass is 485 g/mol.